The van der Waals surface area contributed by atoms with Gasteiger partial charge in [-0.15, -0.1) is 0 Å². The Morgan fingerprint density at radius 2 is 1.95 bits per heavy atom. The fourth-order valence-corrected chi connectivity index (χ4v) is 1.93. The highest BCUT2D eigenvalue weighted by molar-refractivity contribution is 5.40. The summed E-state index contributed by atoms with van der Waals surface area (Å²) in [6.07, 6.45) is 5.10. The number of hydrogen-bond donors (Lipinski definition) is 1. The molecule has 2 heterocycles. The Kier molecular flexibility index (Phi) is 4.57. The van der Waals surface area contributed by atoms with Crippen LogP contribution in [0.4, 0.5) is 0 Å². The highest BCUT2D eigenvalue weighted by atomic mass is 16.5. The SMILES string of the molecule is CNC(Cc1nc(-c2ncccn2)no1)CC(C)C. The van der Waals surface area contributed by atoms with E-state index in [4.69, 9.17) is 4.52 Å². The molecule has 0 aliphatic carbocycles. The quantitative estimate of drug-likeness (QED) is 0.853. The van der Waals surface area contributed by atoms with Gasteiger partial charge in [0.1, 0.15) is 0 Å². The third-order valence-corrected chi connectivity index (χ3v) is 2.82. The normalized spacial score (nSPS) is 12.8. The van der Waals surface area contributed by atoms with Gasteiger partial charge in [0.15, 0.2) is 0 Å². The van der Waals surface area contributed by atoms with E-state index in [0.717, 1.165) is 6.42 Å². The second kappa shape index (κ2) is 6.38. The van der Waals surface area contributed by atoms with Gasteiger partial charge in [0.2, 0.25) is 17.5 Å². The van der Waals surface area contributed by atoms with E-state index in [-0.39, 0.29) is 0 Å². The molecule has 2 aromatic rings. The first kappa shape index (κ1) is 13.6. The standard InChI is InChI=1S/C13H19N5O/c1-9(2)7-10(14-3)8-11-17-13(18-19-11)12-15-5-4-6-16-12/h4-6,9-10,14H,7-8H2,1-3H3. The molecular weight excluding hydrogens is 242 g/mol. The molecule has 1 atom stereocenters. The Morgan fingerprint density at radius 1 is 1.21 bits per heavy atom. The van der Waals surface area contributed by atoms with Gasteiger partial charge in [-0.3, -0.25) is 0 Å². The number of nitrogens with zero attached hydrogens (tertiary/aromatic N) is 4. The molecule has 1 N–H and O–H groups in total. The maximum Gasteiger partial charge on any atom is 0.240 e. The van der Waals surface area contributed by atoms with Crippen molar-refractivity contribution in [2.75, 3.05) is 7.05 Å². The molecule has 102 valence electrons. The van der Waals surface area contributed by atoms with Crippen LogP contribution in [0.25, 0.3) is 11.6 Å². The first-order chi connectivity index (χ1) is 9.19. The van der Waals surface area contributed by atoms with Gasteiger partial charge in [0.05, 0.1) is 0 Å². The average molecular weight is 261 g/mol. The zero-order valence-corrected chi connectivity index (χ0v) is 11.5. The number of likely N-dealkylation sites (N-methyl/N-ethyl adjacent to an activating group) is 1. The van der Waals surface area contributed by atoms with E-state index in [1.165, 1.54) is 0 Å². The largest absolute Gasteiger partial charge is 0.339 e. The smallest absolute Gasteiger partial charge is 0.240 e. The van der Waals surface area contributed by atoms with Gasteiger partial charge >= 0.3 is 0 Å². The van der Waals surface area contributed by atoms with Crippen LogP contribution in [0.5, 0.6) is 0 Å². The minimum Gasteiger partial charge on any atom is -0.339 e. The van der Waals surface area contributed by atoms with Crippen LogP contribution in [0.2, 0.25) is 0 Å². The van der Waals surface area contributed by atoms with Crippen molar-refractivity contribution in [3.05, 3.63) is 24.4 Å². The lowest BCUT2D eigenvalue weighted by atomic mass is 10.0. The van der Waals surface area contributed by atoms with E-state index in [9.17, 15) is 0 Å². The molecule has 1 unspecified atom stereocenters. The first-order valence-electron chi connectivity index (χ1n) is 6.46. The summed E-state index contributed by atoms with van der Waals surface area (Å²) in [6, 6.07) is 2.09. The second-order valence-corrected chi connectivity index (χ2v) is 4.90. The van der Waals surface area contributed by atoms with Crippen LogP contribution in [0.15, 0.2) is 23.0 Å². The first-order valence-corrected chi connectivity index (χ1v) is 6.46. The molecule has 6 nitrogen and oxygen atoms in total. The van der Waals surface area contributed by atoms with Gasteiger partial charge in [0, 0.05) is 24.9 Å². The molecule has 0 radical (unpaired) electrons. The maximum atomic E-state index is 5.25. The van der Waals surface area contributed by atoms with Crippen LogP contribution >= 0.6 is 0 Å². The fourth-order valence-electron chi connectivity index (χ4n) is 1.93. The molecule has 0 saturated heterocycles. The van der Waals surface area contributed by atoms with Crippen molar-refractivity contribution in [1.82, 2.24) is 25.4 Å². The second-order valence-electron chi connectivity index (χ2n) is 4.90. The summed E-state index contributed by atoms with van der Waals surface area (Å²) >= 11 is 0. The topological polar surface area (TPSA) is 76.7 Å². The minimum absolute atomic E-state index is 0.338. The molecule has 0 bridgehead atoms. The van der Waals surface area contributed by atoms with Crippen LogP contribution in [0.1, 0.15) is 26.2 Å². The summed E-state index contributed by atoms with van der Waals surface area (Å²) in [5.41, 5.74) is 0. The van der Waals surface area contributed by atoms with Crippen LogP contribution in [-0.4, -0.2) is 33.2 Å². The lowest BCUT2D eigenvalue weighted by Gasteiger charge is -2.15. The number of rotatable bonds is 6. The van der Waals surface area contributed by atoms with Crippen LogP contribution in [0.3, 0.4) is 0 Å². The summed E-state index contributed by atoms with van der Waals surface area (Å²) in [5, 5.41) is 7.19. The summed E-state index contributed by atoms with van der Waals surface area (Å²) in [7, 11) is 1.95. The van der Waals surface area contributed by atoms with Gasteiger partial charge in [-0.05, 0) is 25.5 Å². The molecule has 0 spiro atoms. The van der Waals surface area contributed by atoms with Gasteiger partial charge in [-0.1, -0.05) is 19.0 Å². The van der Waals surface area contributed by atoms with Crippen molar-refractivity contribution < 1.29 is 4.52 Å². The zero-order valence-electron chi connectivity index (χ0n) is 11.5. The van der Waals surface area contributed by atoms with Crippen LogP contribution < -0.4 is 5.32 Å². The molecule has 2 rings (SSSR count). The molecule has 0 fully saturated rings. The predicted molar refractivity (Wildman–Crippen MR) is 71.3 cm³/mol. The van der Waals surface area contributed by atoms with E-state index in [1.807, 2.05) is 7.05 Å². The van der Waals surface area contributed by atoms with Gasteiger partial charge in [-0.25, -0.2) is 9.97 Å². The predicted octanol–water partition coefficient (Wildman–Crippen LogP) is 1.70. The molecule has 0 saturated carbocycles. The zero-order chi connectivity index (χ0) is 13.7. The third-order valence-electron chi connectivity index (χ3n) is 2.82. The number of nitrogens with one attached hydrogen (secondary N) is 1. The molecule has 0 amide bonds. The Morgan fingerprint density at radius 3 is 2.58 bits per heavy atom. The van der Waals surface area contributed by atoms with E-state index in [2.05, 4.69) is 39.3 Å². The molecular formula is C13H19N5O. The van der Waals surface area contributed by atoms with Crippen molar-refractivity contribution in [3.8, 4) is 11.6 Å². The molecule has 0 aliphatic rings. The lowest BCUT2D eigenvalue weighted by molar-refractivity contribution is 0.345. The van der Waals surface area contributed by atoms with E-state index in [0.29, 0.717) is 35.9 Å². The summed E-state index contributed by atoms with van der Waals surface area (Å²) < 4.78 is 5.25. The summed E-state index contributed by atoms with van der Waals surface area (Å²) in [4.78, 5) is 12.5. The Balaban J connectivity index is 2.05. The average Bonchev–Trinajstić information content (AvgIpc) is 2.87. The van der Waals surface area contributed by atoms with Crippen molar-refractivity contribution in [3.63, 3.8) is 0 Å². The maximum absolute atomic E-state index is 5.25. The fraction of sp³-hybridized carbons (Fsp3) is 0.538. The number of aromatic nitrogens is 4. The van der Waals surface area contributed by atoms with Gasteiger partial charge in [-0.2, -0.15) is 4.98 Å². The number of hydrogen-bond acceptors (Lipinski definition) is 6. The summed E-state index contributed by atoms with van der Waals surface area (Å²) in [5.74, 6) is 2.16. The highest BCUT2D eigenvalue weighted by Gasteiger charge is 2.16. The molecule has 19 heavy (non-hydrogen) atoms. The molecule has 0 aliphatic heterocycles. The highest BCUT2D eigenvalue weighted by Crippen LogP contribution is 2.13. The van der Waals surface area contributed by atoms with Crippen LogP contribution in [0, 0.1) is 5.92 Å². The third kappa shape index (κ3) is 3.82. The van der Waals surface area contributed by atoms with Crippen molar-refractivity contribution in [1.29, 1.82) is 0 Å². The Bertz CT molecular complexity index is 497. The van der Waals surface area contributed by atoms with Crippen molar-refractivity contribution in [2.45, 2.75) is 32.7 Å². The van der Waals surface area contributed by atoms with Crippen molar-refractivity contribution >= 4 is 0 Å². The molecule has 6 heteroatoms. The Labute approximate surface area is 112 Å². The summed E-state index contributed by atoms with van der Waals surface area (Å²) in [6.45, 7) is 4.39. The van der Waals surface area contributed by atoms with Crippen LogP contribution in [-0.2, 0) is 6.42 Å². The van der Waals surface area contributed by atoms with E-state index in [1.54, 1.807) is 18.5 Å². The van der Waals surface area contributed by atoms with Gasteiger partial charge < -0.3 is 9.84 Å². The lowest BCUT2D eigenvalue weighted by Crippen LogP contribution is -2.29. The van der Waals surface area contributed by atoms with Crippen molar-refractivity contribution in [2.24, 2.45) is 5.92 Å². The monoisotopic (exact) mass is 261 g/mol. The molecule has 2 aromatic heterocycles. The Hall–Kier alpha value is -1.82. The molecule has 0 aromatic carbocycles. The van der Waals surface area contributed by atoms with Gasteiger partial charge in [0.25, 0.3) is 0 Å². The minimum atomic E-state index is 0.338. The van der Waals surface area contributed by atoms with E-state index >= 15 is 0 Å². The van der Waals surface area contributed by atoms with E-state index < -0.39 is 0 Å².